The molecule has 1 heterocycles. The number of benzene rings is 2. The SMILES string of the molecule is O=C(Cc1cccnc1)N/N=C/c1ccccc1OS(=O)(=O)c1ccc(C(F)(F)F)cc1. The number of rotatable bonds is 7. The van der Waals surface area contributed by atoms with Crippen LogP contribution in [0.3, 0.4) is 0 Å². The summed E-state index contributed by atoms with van der Waals surface area (Å²) in [5.41, 5.74) is 2.25. The number of halogens is 3. The van der Waals surface area contributed by atoms with Crippen LogP contribution in [0.25, 0.3) is 0 Å². The van der Waals surface area contributed by atoms with Crippen molar-refractivity contribution in [2.45, 2.75) is 17.5 Å². The van der Waals surface area contributed by atoms with E-state index in [2.05, 4.69) is 15.5 Å². The standard InChI is InChI=1S/C21H16F3N3O4S/c22-21(23,24)17-7-9-18(10-8-17)32(29,30)31-19-6-2-1-5-16(19)14-26-27-20(28)12-15-4-3-11-25-13-15/h1-11,13-14H,12H2,(H,27,28)/b26-14+. The molecule has 32 heavy (non-hydrogen) atoms. The summed E-state index contributed by atoms with van der Waals surface area (Å²) in [7, 11) is -4.40. The van der Waals surface area contributed by atoms with Crippen LogP contribution in [0.15, 0.2) is 83.1 Å². The van der Waals surface area contributed by atoms with Gasteiger partial charge in [-0.15, -0.1) is 0 Å². The van der Waals surface area contributed by atoms with E-state index in [1.54, 1.807) is 30.6 Å². The lowest BCUT2D eigenvalue weighted by molar-refractivity contribution is -0.137. The molecule has 1 amide bonds. The second kappa shape index (κ2) is 9.60. The Balaban J connectivity index is 1.70. The normalized spacial score (nSPS) is 12.0. The smallest absolute Gasteiger partial charge is 0.378 e. The van der Waals surface area contributed by atoms with Crippen molar-refractivity contribution < 1.29 is 30.6 Å². The lowest BCUT2D eigenvalue weighted by atomic mass is 10.2. The number of pyridine rings is 1. The zero-order valence-electron chi connectivity index (χ0n) is 16.3. The predicted octanol–water partition coefficient (Wildman–Crippen LogP) is 3.56. The lowest BCUT2D eigenvalue weighted by Gasteiger charge is -2.11. The van der Waals surface area contributed by atoms with E-state index in [-0.39, 0.29) is 17.7 Å². The highest BCUT2D eigenvalue weighted by atomic mass is 32.2. The number of amides is 1. The van der Waals surface area contributed by atoms with E-state index in [0.29, 0.717) is 17.7 Å². The van der Waals surface area contributed by atoms with Crippen molar-refractivity contribution in [3.8, 4) is 5.75 Å². The minimum absolute atomic E-state index is 0.0472. The molecule has 0 aliphatic carbocycles. The van der Waals surface area contributed by atoms with Crippen LogP contribution in [0.1, 0.15) is 16.7 Å². The van der Waals surface area contributed by atoms with Crippen LogP contribution in [0.5, 0.6) is 5.75 Å². The summed E-state index contributed by atoms with van der Waals surface area (Å²) in [5, 5.41) is 3.79. The molecule has 0 unspecified atom stereocenters. The molecule has 7 nitrogen and oxygen atoms in total. The third-order valence-corrected chi connectivity index (χ3v) is 5.32. The topological polar surface area (TPSA) is 97.7 Å². The summed E-state index contributed by atoms with van der Waals surface area (Å²) >= 11 is 0. The van der Waals surface area contributed by atoms with Gasteiger partial charge in [0.05, 0.1) is 18.2 Å². The first-order valence-corrected chi connectivity index (χ1v) is 10.5. The number of alkyl halides is 3. The molecule has 0 saturated carbocycles. The van der Waals surface area contributed by atoms with Gasteiger partial charge < -0.3 is 4.18 Å². The quantitative estimate of drug-likeness (QED) is 0.328. The maximum atomic E-state index is 12.7. The molecule has 2 aromatic carbocycles. The summed E-state index contributed by atoms with van der Waals surface area (Å²) in [4.78, 5) is 15.4. The molecule has 11 heteroatoms. The Morgan fingerprint density at radius 2 is 1.78 bits per heavy atom. The lowest BCUT2D eigenvalue weighted by Crippen LogP contribution is -2.20. The molecule has 0 fully saturated rings. The summed E-state index contributed by atoms with van der Waals surface area (Å²) < 4.78 is 68.1. The number of carbonyl (C=O) groups excluding carboxylic acids is 1. The van der Waals surface area contributed by atoms with Gasteiger partial charge >= 0.3 is 16.3 Å². The molecule has 0 spiro atoms. The predicted molar refractivity (Wildman–Crippen MR) is 109 cm³/mol. The number of para-hydroxylation sites is 1. The van der Waals surface area contributed by atoms with Gasteiger partial charge in [-0.05, 0) is 48.0 Å². The molecular weight excluding hydrogens is 447 g/mol. The van der Waals surface area contributed by atoms with Crippen LogP contribution in [0, 0.1) is 0 Å². The fourth-order valence-electron chi connectivity index (χ4n) is 2.54. The van der Waals surface area contributed by atoms with Crippen molar-refractivity contribution in [1.82, 2.24) is 10.4 Å². The van der Waals surface area contributed by atoms with Crippen molar-refractivity contribution in [2.24, 2.45) is 5.10 Å². The van der Waals surface area contributed by atoms with Gasteiger partial charge in [-0.3, -0.25) is 9.78 Å². The summed E-state index contributed by atoms with van der Waals surface area (Å²) in [5.74, 6) is -0.525. The Hall–Kier alpha value is -3.73. The molecule has 1 aromatic heterocycles. The van der Waals surface area contributed by atoms with Gasteiger partial charge in [-0.25, -0.2) is 5.43 Å². The van der Waals surface area contributed by atoms with E-state index in [1.807, 2.05) is 0 Å². The van der Waals surface area contributed by atoms with Crippen molar-refractivity contribution in [1.29, 1.82) is 0 Å². The Morgan fingerprint density at radius 3 is 2.44 bits per heavy atom. The zero-order valence-corrected chi connectivity index (χ0v) is 17.1. The molecule has 0 aliphatic rings. The maximum Gasteiger partial charge on any atom is 0.416 e. The zero-order chi connectivity index (χ0) is 23.2. The third-order valence-electron chi connectivity index (χ3n) is 4.07. The van der Waals surface area contributed by atoms with E-state index >= 15 is 0 Å². The molecule has 3 aromatic rings. The Kier molecular flexibility index (Phi) is 6.89. The van der Waals surface area contributed by atoms with Gasteiger partial charge in [0.15, 0.2) is 5.75 Å². The van der Waals surface area contributed by atoms with E-state index in [1.165, 1.54) is 24.4 Å². The van der Waals surface area contributed by atoms with Crippen molar-refractivity contribution >= 4 is 22.2 Å². The molecule has 3 rings (SSSR count). The molecule has 0 bridgehead atoms. The van der Waals surface area contributed by atoms with Crippen LogP contribution in [-0.2, 0) is 27.5 Å². The average molecular weight is 463 g/mol. The fourth-order valence-corrected chi connectivity index (χ4v) is 3.50. The number of aromatic nitrogens is 1. The Bertz CT molecular complexity index is 1210. The fraction of sp³-hybridized carbons (Fsp3) is 0.0952. The maximum absolute atomic E-state index is 12.7. The van der Waals surface area contributed by atoms with E-state index in [0.717, 1.165) is 12.1 Å². The van der Waals surface area contributed by atoms with Crippen LogP contribution in [0.2, 0.25) is 0 Å². The van der Waals surface area contributed by atoms with Crippen LogP contribution in [-0.4, -0.2) is 25.5 Å². The van der Waals surface area contributed by atoms with E-state index in [4.69, 9.17) is 4.18 Å². The van der Waals surface area contributed by atoms with Crippen molar-refractivity contribution in [3.05, 3.63) is 89.7 Å². The molecule has 0 saturated heterocycles. The van der Waals surface area contributed by atoms with Crippen LogP contribution >= 0.6 is 0 Å². The minimum atomic E-state index is -4.59. The highest BCUT2D eigenvalue weighted by molar-refractivity contribution is 7.87. The van der Waals surface area contributed by atoms with Gasteiger partial charge in [0.25, 0.3) is 0 Å². The first kappa shape index (κ1) is 22.9. The average Bonchev–Trinajstić information content (AvgIpc) is 2.75. The molecule has 0 radical (unpaired) electrons. The number of carbonyl (C=O) groups is 1. The summed E-state index contributed by atoms with van der Waals surface area (Å²) in [6.07, 6.45) is -0.230. The van der Waals surface area contributed by atoms with Crippen LogP contribution in [0.4, 0.5) is 13.2 Å². The Labute approximate surface area is 181 Å². The first-order valence-electron chi connectivity index (χ1n) is 9.07. The number of hydrazone groups is 1. The monoisotopic (exact) mass is 463 g/mol. The van der Waals surface area contributed by atoms with Gasteiger partial charge in [0.1, 0.15) is 4.90 Å². The van der Waals surface area contributed by atoms with Gasteiger partial charge in [-0.1, -0.05) is 18.2 Å². The third kappa shape index (κ3) is 6.14. The molecule has 0 aliphatic heterocycles. The largest absolute Gasteiger partial charge is 0.416 e. The highest BCUT2D eigenvalue weighted by Crippen LogP contribution is 2.30. The van der Waals surface area contributed by atoms with Gasteiger partial charge in [0.2, 0.25) is 5.91 Å². The highest BCUT2D eigenvalue weighted by Gasteiger charge is 2.31. The minimum Gasteiger partial charge on any atom is -0.378 e. The van der Waals surface area contributed by atoms with Crippen molar-refractivity contribution in [2.75, 3.05) is 0 Å². The number of hydrogen-bond acceptors (Lipinski definition) is 6. The second-order valence-electron chi connectivity index (χ2n) is 6.43. The number of nitrogens with one attached hydrogen (secondary N) is 1. The summed E-state index contributed by atoms with van der Waals surface area (Å²) in [6.45, 7) is 0. The van der Waals surface area contributed by atoms with Crippen LogP contribution < -0.4 is 9.61 Å². The molecule has 1 N–H and O–H groups in total. The Morgan fingerprint density at radius 1 is 1.06 bits per heavy atom. The first-order chi connectivity index (χ1) is 15.1. The van der Waals surface area contributed by atoms with Gasteiger partial charge in [-0.2, -0.15) is 26.7 Å². The van der Waals surface area contributed by atoms with Crippen molar-refractivity contribution in [3.63, 3.8) is 0 Å². The molecule has 0 atom stereocenters. The second-order valence-corrected chi connectivity index (χ2v) is 7.97. The summed E-state index contributed by atoms with van der Waals surface area (Å²) in [6, 6.07) is 12.3. The number of nitrogens with zero attached hydrogens (tertiary/aromatic N) is 2. The van der Waals surface area contributed by atoms with E-state index in [9.17, 15) is 26.4 Å². The molecule has 166 valence electrons. The van der Waals surface area contributed by atoms with E-state index < -0.39 is 32.7 Å². The van der Waals surface area contributed by atoms with Gasteiger partial charge in [0, 0.05) is 18.0 Å². The molecular formula is C21H16F3N3O4S. The number of hydrogen-bond donors (Lipinski definition) is 1.